The van der Waals surface area contributed by atoms with E-state index in [0.29, 0.717) is 18.7 Å². The molecule has 0 aromatic heterocycles. The number of amides is 1. The predicted octanol–water partition coefficient (Wildman–Crippen LogP) is 6.01. The molecule has 3 rings (SSSR count). The summed E-state index contributed by atoms with van der Waals surface area (Å²) in [5.41, 5.74) is 1.88. The van der Waals surface area contributed by atoms with Crippen LogP contribution in [0.15, 0.2) is 83.8 Å². The third-order valence-corrected chi connectivity index (χ3v) is 5.68. The Labute approximate surface area is 195 Å². The van der Waals surface area contributed by atoms with Gasteiger partial charge in [0.25, 0.3) is 5.91 Å². The lowest BCUT2D eigenvalue weighted by Crippen LogP contribution is -2.24. The second-order valence-electron chi connectivity index (χ2n) is 7.70. The number of nitrogens with one attached hydrogen (secondary N) is 1. The van der Waals surface area contributed by atoms with Crippen molar-refractivity contribution in [2.75, 3.05) is 18.9 Å². The molecule has 0 aliphatic heterocycles. The lowest BCUT2D eigenvalue weighted by Gasteiger charge is -2.10. The number of rotatable bonds is 12. The maximum Gasteiger partial charge on any atom is 0.251 e. The minimum atomic E-state index is -0.0585. The molecule has 0 unspecified atom stereocenters. The molecular weight excluding hydrogens is 418 g/mol. The first-order valence-electron chi connectivity index (χ1n) is 11.0. The molecule has 0 fully saturated rings. The van der Waals surface area contributed by atoms with Gasteiger partial charge in [-0.3, -0.25) is 4.79 Å². The molecule has 0 saturated carbocycles. The van der Waals surface area contributed by atoms with Crippen LogP contribution in [0, 0.1) is 0 Å². The molecule has 3 aromatic rings. The first kappa shape index (κ1) is 23.7. The molecule has 32 heavy (non-hydrogen) atoms. The number of benzene rings is 3. The number of aryl methyl sites for hydroxylation is 1. The normalized spacial score (nSPS) is 10.7. The van der Waals surface area contributed by atoms with E-state index in [1.165, 1.54) is 10.5 Å². The van der Waals surface area contributed by atoms with E-state index in [9.17, 15) is 4.79 Å². The van der Waals surface area contributed by atoms with Gasteiger partial charge in [0, 0.05) is 22.8 Å². The van der Waals surface area contributed by atoms with Crippen LogP contribution in [0.4, 0.5) is 0 Å². The summed E-state index contributed by atoms with van der Waals surface area (Å²) in [5.74, 6) is 2.48. The molecule has 0 radical (unpaired) electrons. The van der Waals surface area contributed by atoms with Crippen molar-refractivity contribution in [3.63, 3.8) is 0 Å². The van der Waals surface area contributed by atoms with Crippen molar-refractivity contribution in [3.05, 3.63) is 90.0 Å². The second-order valence-corrected chi connectivity index (χ2v) is 8.87. The van der Waals surface area contributed by atoms with Crippen LogP contribution < -0.4 is 14.8 Å². The van der Waals surface area contributed by atoms with Crippen LogP contribution in [0.5, 0.6) is 11.5 Å². The quantitative estimate of drug-likeness (QED) is 0.272. The van der Waals surface area contributed by atoms with Gasteiger partial charge in [0.2, 0.25) is 0 Å². The zero-order chi connectivity index (χ0) is 22.6. The summed E-state index contributed by atoms with van der Waals surface area (Å²) >= 11 is 1.76. The summed E-state index contributed by atoms with van der Waals surface area (Å²) < 4.78 is 11.4. The van der Waals surface area contributed by atoms with Crippen LogP contribution in [-0.4, -0.2) is 30.9 Å². The predicted molar refractivity (Wildman–Crippen MR) is 132 cm³/mol. The first-order chi connectivity index (χ1) is 15.6. The van der Waals surface area contributed by atoms with Crippen molar-refractivity contribution in [3.8, 4) is 11.5 Å². The van der Waals surface area contributed by atoms with Crippen LogP contribution in [0.25, 0.3) is 0 Å². The molecule has 0 aliphatic rings. The fourth-order valence-electron chi connectivity index (χ4n) is 3.14. The van der Waals surface area contributed by atoms with E-state index in [4.69, 9.17) is 9.47 Å². The van der Waals surface area contributed by atoms with Crippen molar-refractivity contribution >= 4 is 17.7 Å². The van der Waals surface area contributed by atoms with Gasteiger partial charge in [-0.25, -0.2) is 0 Å². The lowest BCUT2D eigenvalue weighted by atomic mass is 10.1. The SMILES string of the molecule is CC(C)Oc1ccc(CCCNC(=O)c2ccc(OCCSc3ccccc3)cc2)cc1. The molecule has 3 aromatic carbocycles. The average Bonchev–Trinajstić information content (AvgIpc) is 2.81. The minimum absolute atomic E-state index is 0.0585. The van der Waals surface area contributed by atoms with Gasteiger partial charge in [-0.2, -0.15) is 0 Å². The zero-order valence-electron chi connectivity index (χ0n) is 18.8. The van der Waals surface area contributed by atoms with Crippen LogP contribution in [0.1, 0.15) is 36.2 Å². The fourth-order valence-corrected chi connectivity index (χ4v) is 3.89. The van der Waals surface area contributed by atoms with E-state index in [1.807, 2.05) is 68.4 Å². The third-order valence-electron chi connectivity index (χ3n) is 4.70. The Hall–Kier alpha value is -2.92. The van der Waals surface area contributed by atoms with Crippen LogP contribution in [0.3, 0.4) is 0 Å². The zero-order valence-corrected chi connectivity index (χ0v) is 19.6. The van der Waals surface area contributed by atoms with Crippen molar-refractivity contribution in [1.29, 1.82) is 0 Å². The van der Waals surface area contributed by atoms with E-state index in [-0.39, 0.29) is 12.0 Å². The van der Waals surface area contributed by atoms with E-state index in [0.717, 1.165) is 30.1 Å². The highest BCUT2D eigenvalue weighted by atomic mass is 32.2. The van der Waals surface area contributed by atoms with Gasteiger partial charge in [-0.1, -0.05) is 30.3 Å². The standard InChI is InChI=1S/C27H31NO3S/c1-21(2)31-25-14-10-22(11-15-25)7-6-18-28-27(29)23-12-16-24(17-13-23)30-19-20-32-26-8-4-3-5-9-26/h3-5,8-17,21H,6-7,18-20H2,1-2H3,(H,28,29). The Morgan fingerprint density at radius 2 is 1.59 bits per heavy atom. The van der Waals surface area contributed by atoms with Crippen molar-refractivity contribution in [2.45, 2.75) is 37.7 Å². The molecule has 0 bridgehead atoms. The van der Waals surface area contributed by atoms with Crippen LogP contribution in [0.2, 0.25) is 0 Å². The van der Waals surface area contributed by atoms with Crippen molar-refractivity contribution in [2.24, 2.45) is 0 Å². The topological polar surface area (TPSA) is 47.6 Å². The smallest absolute Gasteiger partial charge is 0.251 e. The van der Waals surface area contributed by atoms with Crippen LogP contribution in [-0.2, 0) is 6.42 Å². The molecule has 0 aliphatic carbocycles. The third kappa shape index (κ3) is 8.31. The van der Waals surface area contributed by atoms with Gasteiger partial charge >= 0.3 is 0 Å². The summed E-state index contributed by atoms with van der Waals surface area (Å²) in [7, 11) is 0. The molecule has 0 atom stereocenters. The molecule has 168 valence electrons. The Morgan fingerprint density at radius 3 is 2.28 bits per heavy atom. The molecule has 1 N–H and O–H groups in total. The number of hydrogen-bond donors (Lipinski definition) is 1. The van der Waals surface area contributed by atoms with Crippen molar-refractivity contribution in [1.82, 2.24) is 5.32 Å². The van der Waals surface area contributed by atoms with Gasteiger partial charge in [0.1, 0.15) is 11.5 Å². The number of carbonyl (C=O) groups excluding carboxylic acids is 1. The summed E-state index contributed by atoms with van der Waals surface area (Å²) in [6.45, 7) is 5.29. The maximum absolute atomic E-state index is 12.4. The van der Waals surface area contributed by atoms with Gasteiger partial charge in [-0.15, -0.1) is 11.8 Å². The van der Waals surface area contributed by atoms with E-state index >= 15 is 0 Å². The second kappa shape index (κ2) is 12.8. The molecule has 0 spiro atoms. The molecule has 1 amide bonds. The number of hydrogen-bond acceptors (Lipinski definition) is 4. The summed E-state index contributed by atoms with van der Waals surface area (Å²) in [6.07, 6.45) is 1.97. The Kier molecular flexibility index (Phi) is 9.51. The van der Waals surface area contributed by atoms with Gasteiger partial charge in [-0.05, 0) is 80.8 Å². The van der Waals surface area contributed by atoms with Gasteiger partial charge in [0.05, 0.1) is 12.7 Å². The number of ether oxygens (including phenoxy) is 2. The molecule has 0 saturated heterocycles. The molecule has 5 heteroatoms. The number of thioether (sulfide) groups is 1. The Bertz CT molecular complexity index is 941. The summed E-state index contributed by atoms with van der Waals surface area (Å²) in [4.78, 5) is 13.6. The first-order valence-corrected chi connectivity index (χ1v) is 12.0. The van der Waals surface area contributed by atoms with Gasteiger partial charge < -0.3 is 14.8 Å². The largest absolute Gasteiger partial charge is 0.493 e. The van der Waals surface area contributed by atoms with E-state index in [2.05, 4.69) is 29.6 Å². The van der Waals surface area contributed by atoms with Crippen molar-refractivity contribution < 1.29 is 14.3 Å². The monoisotopic (exact) mass is 449 g/mol. The van der Waals surface area contributed by atoms with E-state index in [1.54, 1.807) is 11.8 Å². The Morgan fingerprint density at radius 1 is 0.906 bits per heavy atom. The summed E-state index contributed by atoms with van der Waals surface area (Å²) in [5, 5.41) is 2.99. The van der Waals surface area contributed by atoms with E-state index < -0.39 is 0 Å². The molecule has 4 nitrogen and oxygen atoms in total. The summed E-state index contributed by atoms with van der Waals surface area (Å²) in [6, 6.07) is 25.7. The van der Waals surface area contributed by atoms with Crippen LogP contribution >= 0.6 is 11.8 Å². The number of carbonyl (C=O) groups is 1. The highest BCUT2D eigenvalue weighted by Crippen LogP contribution is 2.18. The fraction of sp³-hybridized carbons (Fsp3) is 0.296. The molecular formula is C27H31NO3S. The highest BCUT2D eigenvalue weighted by molar-refractivity contribution is 7.99. The Balaban J connectivity index is 1.32. The maximum atomic E-state index is 12.4. The molecule has 0 heterocycles. The van der Waals surface area contributed by atoms with Gasteiger partial charge in [0.15, 0.2) is 0 Å². The highest BCUT2D eigenvalue weighted by Gasteiger charge is 2.06. The average molecular weight is 450 g/mol. The lowest BCUT2D eigenvalue weighted by molar-refractivity contribution is 0.0953. The minimum Gasteiger partial charge on any atom is -0.493 e.